The van der Waals surface area contributed by atoms with Crippen molar-refractivity contribution in [3.8, 4) is 5.75 Å². The minimum atomic E-state index is -0.107. The standard InChI is InChI=1S/C19H19N3O2S/c1-11-8-9-12(2)13(10-11)16(23)17-18(20)22-19(25-17)21-14-6-4-5-7-15(14)24-3/h4-10H,20H2,1-3H3,(H,21,22). The second-order valence-electron chi connectivity index (χ2n) is 5.71. The van der Waals surface area contributed by atoms with Gasteiger partial charge < -0.3 is 15.8 Å². The van der Waals surface area contributed by atoms with E-state index in [2.05, 4.69) is 10.3 Å². The highest BCUT2D eigenvalue weighted by molar-refractivity contribution is 7.18. The molecule has 0 spiro atoms. The molecule has 0 bridgehead atoms. The van der Waals surface area contributed by atoms with Crippen molar-refractivity contribution >= 4 is 33.8 Å². The molecule has 1 aromatic heterocycles. The Hall–Kier alpha value is -2.86. The highest BCUT2D eigenvalue weighted by Crippen LogP contribution is 2.33. The number of nitrogens with two attached hydrogens (primary N) is 1. The number of methoxy groups -OCH3 is 1. The number of hydrogen-bond acceptors (Lipinski definition) is 6. The van der Waals surface area contributed by atoms with Gasteiger partial charge in [0.25, 0.3) is 0 Å². The molecule has 0 saturated heterocycles. The molecule has 3 rings (SSSR count). The maximum Gasteiger partial charge on any atom is 0.207 e. The molecule has 5 nitrogen and oxygen atoms in total. The number of hydrogen-bond donors (Lipinski definition) is 2. The number of nitrogens with zero attached hydrogens (tertiary/aromatic N) is 1. The fourth-order valence-electron chi connectivity index (χ4n) is 2.51. The van der Waals surface area contributed by atoms with Crippen LogP contribution < -0.4 is 15.8 Å². The van der Waals surface area contributed by atoms with Crippen molar-refractivity contribution < 1.29 is 9.53 Å². The van der Waals surface area contributed by atoms with Gasteiger partial charge in [0.05, 0.1) is 12.8 Å². The molecule has 3 aromatic rings. The number of para-hydroxylation sites is 2. The van der Waals surface area contributed by atoms with Gasteiger partial charge in [-0.15, -0.1) is 0 Å². The highest BCUT2D eigenvalue weighted by Gasteiger charge is 2.20. The quantitative estimate of drug-likeness (QED) is 0.668. The number of ether oxygens (including phenoxy) is 1. The number of ketones is 1. The third kappa shape index (κ3) is 3.49. The van der Waals surface area contributed by atoms with E-state index in [0.717, 1.165) is 16.8 Å². The fourth-order valence-corrected chi connectivity index (χ4v) is 3.37. The van der Waals surface area contributed by atoms with Crippen LogP contribution in [0.3, 0.4) is 0 Å². The Morgan fingerprint density at radius 3 is 2.72 bits per heavy atom. The average molecular weight is 353 g/mol. The van der Waals surface area contributed by atoms with Crippen LogP contribution in [0.5, 0.6) is 5.75 Å². The van der Waals surface area contributed by atoms with Gasteiger partial charge in [-0.05, 0) is 37.6 Å². The first kappa shape index (κ1) is 17.0. The summed E-state index contributed by atoms with van der Waals surface area (Å²) in [4.78, 5) is 17.6. The Balaban J connectivity index is 1.92. The Kier molecular flexibility index (Phi) is 4.72. The lowest BCUT2D eigenvalue weighted by molar-refractivity contribution is 0.104. The van der Waals surface area contributed by atoms with Crippen molar-refractivity contribution in [2.24, 2.45) is 0 Å². The van der Waals surface area contributed by atoms with Gasteiger partial charge in [-0.25, -0.2) is 4.98 Å². The van der Waals surface area contributed by atoms with Gasteiger partial charge in [0, 0.05) is 5.56 Å². The van der Waals surface area contributed by atoms with E-state index in [1.54, 1.807) is 7.11 Å². The first-order valence-corrected chi connectivity index (χ1v) is 8.59. The van der Waals surface area contributed by atoms with Crippen molar-refractivity contribution in [1.82, 2.24) is 4.98 Å². The summed E-state index contributed by atoms with van der Waals surface area (Å²) in [6.07, 6.45) is 0. The summed E-state index contributed by atoms with van der Waals surface area (Å²) in [5.74, 6) is 0.816. The number of aromatic nitrogens is 1. The van der Waals surface area contributed by atoms with E-state index in [-0.39, 0.29) is 11.6 Å². The predicted octanol–water partition coefficient (Wildman–Crippen LogP) is 4.33. The number of nitrogens with one attached hydrogen (secondary N) is 1. The summed E-state index contributed by atoms with van der Waals surface area (Å²) < 4.78 is 5.32. The number of carbonyl (C=O) groups is 1. The number of rotatable bonds is 5. The smallest absolute Gasteiger partial charge is 0.207 e. The molecule has 0 aliphatic heterocycles. The van der Waals surface area contributed by atoms with Crippen LogP contribution >= 0.6 is 11.3 Å². The molecule has 128 valence electrons. The molecule has 0 unspecified atom stereocenters. The molecule has 0 radical (unpaired) electrons. The second-order valence-corrected chi connectivity index (χ2v) is 6.71. The average Bonchev–Trinajstić information content (AvgIpc) is 2.97. The topological polar surface area (TPSA) is 77.2 Å². The number of benzene rings is 2. The van der Waals surface area contributed by atoms with Crippen molar-refractivity contribution in [3.05, 3.63) is 64.0 Å². The van der Waals surface area contributed by atoms with E-state index >= 15 is 0 Å². The molecular formula is C19H19N3O2S. The largest absolute Gasteiger partial charge is 0.495 e. The minimum Gasteiger partial charge on any atom is -0.495 e. The molecule has 0 amide bonds. The third-order valence-electron chi connectivity index (χ3n) is 3.85. The van der Waals surface area contributed by atoms with Crippen LogP contribution in [0.25, 0.3) is 0 Å². The van der Waals surface area contributed by atoms with E-state index in [9.17, 15) is 4.79 Å². The lowest BCUT2D eigenvalue weighted by Crippen LogP contribution is -2.05. The predicted molar refractivity (Wildman–Crippen MR) is 102 cm³/mol. The van der Waals surface area contributed by atoms with Gasteiger partial charge >= 0.3 is 0 Å². The van der Waals surface area contributed by atoms with Gasteiger partial charge in [-0.3, -0.25) is 4.79 Å². The molecule has 1 heterocycles. The Labute approximate surface area is 150 Å². The molecule has 25 heavy (non-hydrogen) atoms. The van der Waals surface area contributed by atoms with Crippen LogP contribution in [0, 0.1) is 13.8 Å². The molecule has 0 aliphatic rings. The number of thiazole rings is 1. The number of anilines is 3. The molecule has 0 fully saturated rings. The Morgan fingerprint density at radius 2 is 1.96 bits per heavy atom. The van der Waals surface area contributed by atoms with Gasteiger partial charge in [0.15, 0.2) is 5.13 Å². The normalized spacial score (nSPS) is 10.5. The van der Waals surface area contributed by atoms with Crippen LogP contribution in [-0.4, -0.2) is 17.9 Å². The maximum absolute atomic E-state index is 12.9. The van der Waals surface area contributed by atoms with Crippen LogP contribution in [-0.2, 0) is 0 Å². The minimum absolute atomic E-state index is 0.107. The highest BCUT2D eigenvalue weighted by atomic mass is 32.1. The number of carbonyl (C=O) groups excluding carboxylic acids is 1. The number of nitrogen functional groups attached to an aromatic ring is 1. The summed E-state index contributed by atoms with van der Waals surface area (Å²) in [7, 11) is 1.60. The zero-order valence-electron chi connectivity index (χ0n) is 14.3. The third-order valence-corrected chi connectivity index (χ3v) is 4.83. The van der Waals surface area contributed by atoms with Crippen LogP contribution in [0.1, 0.15) is 26.4 Å². The summed E-state index contributed by atoms with van der Waals surface area (Å²) in [5, 5.41) is 3.72. The zero-order valence-corrected chi connectivity index (χ0v) is 15.1. The van der Waals surface area contributed by atoms with Crippen molar-refractivity contribution in [2.45, 2.75) is 13.8 Å². The maximum atomic E-state index is 12.9. The van der Waals surface area contributed by atoms with Crippen LogP contribution in [0.2, 0.25) is 0 Å². The summed E-state index contributed by atoms with van der Waals surface area (Å²) in [5.41, 5.74) is 9.37. The molecule has 2 aromatic carbocycles. The fraction of sp³-hybridized carbons (Fsp3) is 0.158. The van der Waals surface area contributed by atoms with Gasteiger partial charge in [-0.1, -0.05) is 41.2 Å². The summed E-state index contributed by atoms with van der Waals surface area (Å²) in [6.45, 7) is 3.87. The monoisotopic (exact) mass is 353 g/mol. The van der Waals surface area contributed by atoms with Crippen LogP contribution in [0.15, 0.2) is 42.5 Å². The lowest BCUT2D eigenvalue weighted by Gasteiger charge is -2.07. The van der Waals surface area contributed by atoms with E-state index in [4.69, 9.17) is 10.5 Å². The van der Waals surface area contributed by atoms with Gasteiger partial charge in [-0.2, -0.15) is 0 Å². The van der Waals surface area contributed by atoms with E-state index in [1.807, 2.05) is 56.3 Å². The summed E-state index contributed by atoms with van der Waals surface area (Å²) in [6, 6.07) is 13.3. The molecule has 0 aliphatic carbocycles. The van der Waals surface area contributed by atoms with Gasteiger partial charge in [0.2, 0.25) is 5.78 Å². The Morgan fingerprint density at radius 1 is 1.20 bits per heavy atom. The molecule has 6 heteroatoms. The van der Waals surface area contributed by atoms with Crippen molar-refractivity contribution in [1.29, 1.82) is 0 Å². The molecule has 0 saturated carbocycles. The Bertz CT molecular complexity index is 934. The lowest BCUT2D eigenvalue weighted by atomic mass is 10.0. The second kappa shape index (κ2) is 6.94. The SMILES string of the molecule is COc1ccccc1Nc1nc(N)c(C(=O)c2cc(C)ccc2C)s1. The molecule has 0 atom stereocenters. The molecular weight excluding hydrogens is 334 g/mol. The number of aryl methyl sites for hydroxylation is 2. The van der Waals surface area contributed by atoms with Gasteiger partial charge in [0.1, 0.15) is 16.4 Å². The molecule has 3 N–H and O–H groups in total. The van der Waals surface area contributed by atoms with E-state index in [0.29, 0.717) is 21.3 Å². The summed E-state index contributed by atoms with van der Waals surface area (Å²) >= 11 is 1.24. The zero-order chi connectivity index (χ0) is 18.0. The van der Waals surface area contributed by atoms with E-state index < -0.39 is 0 Å². The van der Waals surface area contributed by atoms with Crippen LogP contribution in [0.4, 0.5) is 16.6 Å². The van der Waals surface area contributed by atoms with Crippen molar-refractivity contribution in [3.63, 3.8) is 0 Å². The first-order valence-electron chi connectivity index (χ1n) is 7.78. The first-order chi connectivity index (χ1) is 12.0. The van der Waals surface area contributed by atoms with E-state index in [1.165, 1.54) is 11.3 Å². The van der Waals surface area contributed by atoms with Crippen molar-refractivity contribution in [2.75, 3.05) is 18.2 Å².